The number of fused-ring (bicyclic) bond motifs is 1. The molecule has 0 aliphatic carbocycles. The number of anilines is 2. The molecule has 3 saturated heterocycles. The quantitative estimate of drug-likeness (QED) is 0.896. The Balaban J connectivity index is 1.36. The third-order valence-electron chi connectivity index (χ3n) is 6.43. The van der Waals surface area contributed by atoms with E-state index in [0.29, 0.717) is 6.04 Å². The van der Waals surface area contributed by atoms with E-state index in [9.17, 15) is 0 Å². The van der Waals surface area contributed by atoms with Crippen LogP contribution in [0.25, 0.3) is 0 Å². The topological polar surface area (TPSA) is 47.5 Å². The smallest absolute Gasteiger partial charge is 0.115 e. The second kappa shape index (κ2) is 7.09. The maximum Gasteiger partial charge on any atom is 0.115 e. The molecule has 3 atom stereocenters. The molecular formula is C21H28N6. The molecule has 3 aliphatic heterocycles. The summed E-state index contributed by atoms with van der Waals surface area (Å²) in [6, 6.07) is 12.2. The van der Waals surface area contributed by atoms with Crippen molar-refractivity contribution >= 4 is 11.4 Å². The summed E-state index contributed by atoms with van der Waals surface area (Å²) in [5.74, 6) is 0.838. The number of benzene rings is 1. The predicted molar refractivity (Wildman–Crippen MR) is 108 cm³/mol. The molecule has 0 radical (unpaired) electrons. The third kappa shape index (κ3) is 3.17. The Morgan fingerprint density at radius 3 is 2.59 bits per heavy atom. The predicted octanol–water partition coefficient (Wildman–Crippen LogP) is 1.77. The van der Waals surface area contributed by atoms with Crippen molar-refractivity contribution in [2.45, 2.75) is 18.5 Å². The normalized spacial score (nSPS) is 28.6. The van der Waals surface area contributed by atoms with E-state index >= 15 is 0 Å². The number of nitrogens with zero attached hydrogens (tertiary/aromatic N) is 5. The lowest BCUT2D eigenvalue weighted by molar-refractivity contribution is 0.386. The van der Waals surface area contributed by atoms with Crippen LogP contribution in [0.15, 0.2) is 42.9 Å². The second-order valence-electron chi connectivity index (χ2n) is 8.09. The number of aromatic nitrogens is 2. The van der Waals surface area contributed by atoms with E-state index in [1.807, 2.05) is 12.3 Å². The fraction of sp³-hybridized carbons (Fsp3) is 0.524. The first-order chi connectivity index (χ1) is 13.3. The molecule has 0 amide bonds. The molecule has 4 heterocycles. The van der Waals surface area contributed by atoms with Crippen molar-refractivity contribution in [1.82, 2.24) is 20.2 Å². The van der Waals surface area contributed by atoms with Crippen LogP contribution in [-0.2, 0) is 0 Å². The van der Waals surface area contributed by atoms with Gasteiger partial charge in [0.1, 0.15) is 6.33 Å². The molecule has 6 nitrogen and oxygen atoms in total. The first kappa shape index (κ1) is 17.0. The maximum atomic E-state index is 4.50. The van der Waals surface area contributed by atoms with Gasteiger partial charge in [-0.15, -0.1) is 0 Å². The Morgan fingerprint density at radius 1 is 1.00 bits per heavy atom. The summed E-state index contributed by atoms with van der Waals surface area (Å²) >= 11 is 0. The molecule has 3 fully saturated rings. The van der Waals surface area contributed by atoms with Gasteiger partial charge in [0, 0.05) is 62.9 Å². The van der Waals surface area contributed by atoms with Gasteiger partial charge in [-0.2, -0.15) is 0 Å². The zero-order valence-corrected chi connectivity index (χ0v) is 16.0. The highest BCUT2D eigenvalue weighted by molar-refractivity contribution is 5.58. The van der Waals surface area contributed by atoms with Crippen LogP contribution in [0.5, 0.6) is 0 Å². The zero-order valence-electron chi connectivity index (χ0n) is 16.0. The highest BCUT2D eigenvalue weighted by atomic mass is 15.3. The monoisotopic (exact) mass is 364 g/mol. The molecule has 5 rings (SSSR count). The van der Waals surface area contributed by atoms with Gasteiger partial charge in [-0.1, -0.05) is 0 Å². The fourth-order valence-electron chi connectivity index (χ4n) is 5.10. The molecule has 3 aliphatic rings. The lowest BCUT2D eigenvalue weighted by Gasteiger charge is -2.38. The first-order valence-electron chi connectivity index (χ1n) is 10.1. The van der Waals surface area contributed by atoms with Crippen LogP contribution in [0.2, 0.25) is 0 Å². The number of likely N-dealkylation sites (N-methyl/N-ethyl adjacent to an activating group) is 1. The molecule has 0 bridgehead atoms. The average Bonchev–Trinajstić information content (AvgIpc) is 3.28. The van der Waals surface area contributed by atoms with Gasteiger partial charge in [-0.05, 0) is 49.7 Å². The summed E-state index contributed by atoms with van der Waals surface area (Å²) in [5, 5.41) is 3.50. The minimum Gasteiger partial charge on any atom is -0.367 e. The van der Waals surface area contributed by atoms with Crippen LogP contribution in [0.3, 0.4) is 0 Å². The molecule has 6 heteroatoms. The Hall–Kier alpha value is -2.18. The molecule has 1 N–H and O–H groups in total. The lowest BCUT2D eigenvalue weighted by atomic mass is 10.0. The molecule has 1 aromatic heterocycles. The van der Waals surface area contributed by atoms with Crippen LogP contribution in [0, 0.1) is 5.92 Å². The van der Waals surface area contributed by atoms with Crippen molar-refractivity contribution in [2.75, 3.05) is 56.1 Å². The van der Waals surface area contributed by atoms with Gasteiger partial charge in [-0.25, -0.2) is 9.97 Å². The minimum absolute atomic E-state index is 0.257. The van der Waals surface area contributed by atoms with Crippen LogP contribution >= 0.6 is 0 Å². The van der Waals surface area contributed by atoms with Crippen molar-refractivity contribution in [2.24, 2.45) is 5.92 Å². The van der Waals surface area contributed by atoms with Gasteiger partial charge in [0.2, 0.25) is 0 Å². The number of piperazine rings is 1. The fourth-order valence-corrected chi connectivity index (χ4v) is 5.10. The van der Waals surface area contributed by atoms with Gasteiger partial charge in [-0.3, -0.25) is 0 Å². The molecule has 27 heavy (non-hydrogen) atoms. The van der Waals surface area contributed by atoms with E-state index in [-0.39, 0.29) is 6.04 Å². The summed E-state index contributed by atoms with van der Waals surface area (Å²) in [6.45, 7) is 6.56. The van der Waals surface area contributed by atoms with Gasteiger partial charge >= 0.3 is 0 Å². The van der Waals surface area contributed by atoms with Crippen molar-refractivity contribution in [3.63, 3.8) is 0 Å². The van der Waals surface area contributed by atoms with E-state index in [1.54, 1.807) is 6.33 Å². The number of rotatable bonds is 3. The highest BCUT2D eigenvalue weighted by Crippen LogP contribution is 2.36. The van der Waals surface area contributed by atoms with Crippen molar-refractivity contribution in [3.05, 3.63) is 48.5 Å². The molecule has 1 unspecified atom stereocenters. The maximum absolute atomic E-state index is 4.50. The number of likely N-dealkylation sites (tertiary alicyclic amines) is 1. The number of hydrogen-bond donors (Lipinski definition) is 1. The van der Waals surface area contributed by atoms with Gasteiger partial charge < -0.3 is 20.0 Å². The second-order valence-corrected chi connectivity index (χ2v) is 8.09. The SMILES string of the molecule is CN1C[C@H]2CCN(c3ccc(N4CCNCC4c4ccncn4)cc3)[C@H]2C1. The Kier molecular flexibility index (Phi) is 4.45. The standard InChI is InChI=1S/C21H28N6/c1-25-13-16-7-10-26(21(16)14-25)17-2-4-18(5-3-17)27-11-9-22-12-20(27)19-6-8-23-15-24-19/h2-6,8,15-16,20-22H,7,9-14H2,1H3/t16-,20?,21+/m1/s1. The van der Waals surface area contributed by atoms with E-state index in [1.165, 1.54) is 37.4 Å². The summed E-state index contributed by atoms with van der Waals surface area (Å²) in [7, 11) is 2.25. The lowest BCUT2D eigenvalue weighted by Crippen LogP contribution is -2.46. The van der Waals surface area contributed by atoms with Crippen LogP contribution in [0.1, 0.15) is 18.2 Å². The minimum atomic E-state index is 0.257. The Bertz CT molecular complexity index is 764. The third-order valence-corrected chi connectivity index (χ3v) is 6.43. The van der Waals surface area contributed by atoms with Gasteiger partial charge in [0.15, 0.2) is 0 Å². The molecule has 142 valence electrons. The van der Waals surface area contributed by atoms with Crippen molar-refractivity contribution < 1.29 is 0 Å². The largest absolute Gasteiger partial charge is 0.367 e. The van der Waals surface area contributed by atoms with Crippen LogP contribution in [-0.4, -0.2) is 67.2 Å². The van der Waals surface area contributed by atoms with Crippen molar-refractivity contribution in [3.8, 4) is 0 Å². The summed E-state index contributed by atoms with van der Waals surface area (Å²) in [6.07, 6.45) is 4.80. The van der Waals surface area contributed by atoms with E-state index in [4.69, 9.17) is 0 Å². The first-order valence-corrected chi connectivity index (χ1v) is 10.1. The Labute approximate surface area is 161 Å². The van der Waals surface area contributed by atoms with Crippen LogP contribution in [0.4, 0.5) is 11.4 Å². The summed E-state index contributed by atoms with van der Waals surface area (Å²) in [5.41, 5.74) is 3.73. The van der Waals surface area contributed by atoms with Gasteiger partial charge in [0.05, 0.1) is 11.7 Å². The van der Waals surface area contributed by atoms with Gasteiger partial charge in [0.25, 0.3) is 0 Å². The zero-order chi connectivity index (χ0) is 18.2. The molecular weight excluding hydrogens is 336 g/mol. The molecule has 0 spiro atoms. The highest BCUT2D eigenvalue weighted by Gasteiger charge is 2.40. The van der Waals surface area contributed by atoms with E-state index in [0.717, 1.165) is 31.2 Å². The van der Waals surface area contributed by atoms with Crippen molar-refractivity contribution in [1.29, 1.82) is 0 Å². The molecule has 1 aromatic carbocycles. The summed E-state index contributed by atoms with van der Waals surface area (Å²) in [4.78, 5) is 16.1. The average molecular weight is 364 g/mol. The van der Waals surface area contributed by atoms with Crippen LogP contribution < -0.4 is 15.1 Å². The van der Waals surface area contributed by atoms with E-state index in [2.05, 4.69) is 61.3 Å². The molecule has 0 saturated carbocycles. The Morgan fingerprint density at radius 2 is 1.81 bits per heavy atom. The molecule has 2 aromatic rings. The van der Waals surface area contributed by atoms with E-state index < -0.39 is 0 Å². The number of nitrogens with one attached hydrogen (secondary N) is 1. The summed E-state index contributed by atoms with van der Waals surface area (Å²) < 4.78 is 0. The number of hydrogen-bond acceptors (Lipinski definition) is 6.